The molecule has 0 aromatic heterocycles. The van der Waals surface area contributed by atoms with Crippen LogP contribution < -0.4 is 4.90 Å². The summed E-state index contributed by atoms with van der Waals surface area (Å²) < 4.78 is 0. The molecule has 0 spiro atoms. The molecule has 1 aliphatic carbocycles. The van der Waals surface area contributed by atoms with Crippen molar-refractivity contribution in [3.05, 3.63) is 30.3 Å². The van der Waals surface area contributed by atoms with Gasteiger partial charge in [0, 0.05) is 32.1 Å². The maximum atomic E-state index is 11.7. The van der Waals surface area contributed by atoms with Crippen molar-refractivity contribution in [3.63, 3.8) is 0 Å². The van der Waals surface area contributed by atoms with Crippen molar-refractivity contribution < 1.29 is 4.79 Å². The Morgan fingerprint density at radius 3 is 2.61 bits per heavy atom. The smallest absolute Gasteiger partial charge is 0.133 e. The summed E-state index contributed by atoms with van der Waals surface area (Å²) in [5, 5.41) is 0. The molecule has 0 radical (unpaired) electrons. The lowest BCUT2D eigenvalue weighted by Gasteiger charge is -2.39. The Balaban J connectivity index is 2.08. The predicted octanol–water partition coefficient (Wildman–Crippen LogP) is 3.66. The van der Waals surface area contributed by atoms with Gasteiger partial charge in [0.05, 0.1) is 0 Å². The fourth-order valence-corrected chi connectivity index (χ4v) is 3.08. The maximum absolute atomic E-state index is 11.7. The molecule has 2 heteroatoms. The lowest BCUT2D eigenvalue weighted by atomic mass is 9.71. The molecule has 1 atom stereocenters. The number of rotatable bonds is 4. The number of carbonyl (C=O) groups excluding carboxylic acids is 1. The van der Waals surface area contributed by atoms with E-state index in [4.69, 9.17) is 0 Å². The van der Waals surface area contributed by atoms with Gasteiger partial charge < -0.3 is 4.90 Å². The van der Waals surface area contributed by atoms with E-state index in [1.54, 1.807) is 0 Å². The molecule has 0 N–H and O–H groups in total. The second-order valence-electron chi connectivity index (χ2n) is 5.61. The summed E-state index contributed by atoms with van der Waals surface area (Å²) in [6.07, 6.45) is 4.90. The van der Waals surface area contributed by atoms with E-state index in [0.717, 1.165) is 32.2 Å². The van der Waals surface area contributed by atoms with Crippen molar-refractivity contribution in [3.8, 4) is 0 Å². The molecule has 1 fully saturated rings. The second-order valence-corrected chi connectivity index (χ2v) is 5.61. The molecule has 2 nitrogen and oxygen atoms in total. The number of anilines is 1. The van der Waals surface area contributed by atoms with Crippen LogP contribution in [0.15, 0.2) is 30.3 Å². The highest BCUT2D eigenvalue weighted by atomic mass is 16.1. The highest BCUT2D eigenvalue weighted by molar-refractivity contribution is 5.80. The van der Waals surface area contributed by atoms with Crippen LogP contribution in [0.25, 0.3) is 0 Å². The van der Waals surface area contributed by atoms with Gasteiger partial charge in [-0.3, -0.25) is 4.79 Å². The standard InChI is InChI=1S/C16H23NO/c1-3-16(11-7-10-15(18)12-16)13-17(2)14-8-5-4-6-9-14/h4-6,8-9H,3,7,10-13H2,1-2H3/t16-/m0/s1. The molecular formula is C16H23NO. The van der Waals surface area contributed by atoms with E-state index >= 15 is 0 Å². The van der Waals surface area contributed by atoms with Crippen molar-refractivity contribution in [1.82, 2.24) is 0 Å². The van der Waals surface area contributed by atoms with Crippen molar-refractivity contribution >= 4 is 11.5 Å². The molecule has 2 rings (SSSR count). The van der Waals surface area contributed by atoms with Gasteiger partial charge >= 0.3 is 0 Å². The molecule has 98 valence electrons. The predicted molar refractivity (Wildman–Crippen MR) is 75.9 cm³/mol. The monoisotopic (exact) mass is 245 g/mol. The lowest BCUT2D eigenvalue weighted by molar-refractivity contribution is -0.123. The molecule has 0 bridgehead atoms. The first kappa shape index (κ1) is 13.1. The minimum absolute atomic E-state index is 0.194. The molecular weight excluding hydrogens is 222 g/mol. The third-order valence-corrected chi connectivity index (χ3v) is 4.25. The zero-order valence-corrected chi connectivity index (χ0v) is 11.5. The Kier molecular flexibility index (Phi) is 4.05. The average Bonchev–Trinajstić information content (AvgIpc) is 2.39. The number of Topliss-reactive ketones (excluding diaryl/α,β-unsaturated/α-hetero) is 1. The van der Waals surface area contributed by atoms with Crippen LogP contribution in [0, 0.1) is 5.41 Å². The molecule has 0 heterocycles. The summed E-state index contributed by atoms with van der Waals surface area (Å²) in [6.45, 7) is 3.21. The maximum Gasteiger partial charge on any atom is 0.133 e. The Bertz CT molecular complexity index is 401. The van der Waals surface area contributed by atoms with Gasteiger partial charge in [0.1, 0.15) is 5.78 Å². The van der Waals surface area contributed by atoms with Gasteiger partial charge in [0.25, 0.3) is 0 Å². The van der Waals surface area contributed by atoms with Crippen LogP contribution in [0.1, 0.15) is 39.0 Å². The van der Waals surface area contributed by atoms with Crippen LogP contribution in [0.3, 0.4) is 0 Å². The van der Waals surface area contributed by atoms with Gasteiger partial charge in [0.2, 0.25) is 0 Å². The number of hydrogen-bond acceptors (Lipinski definition) is 2. The number of para-hydroxylation sites is 1. The summed E-state index contributed by atoms with van der Waals surface area (Å²) in [5.74, 6) is 0.449. The quantitative estimate of drug-likeness (QED) is 0.806. The van der Waals surface area contributed by atoms with Crippen molar-refractivity contribution in [2.24, 2.45) is 5.41 Å². The largest absolute Gasteiger partial charge is 0.374 e. The Labute approximate surface area is 110 Å². The highest BCUT2D eigenvalue weighted by Gasteiger charge is 2.35. The van der Waals surface area contributed by atoms with Crippen LogP contribution in [0.5, 0.6) is 0 Å². The molecule has 1 aromatic carbocycles. The van der Waals surface area contributed by atoms with E-state index in [-0.39, 0.29) is 5.41 Å². The summed E-state index contributed by atoms with van der Waals surface area (Å²) in [7, 11) is 2.13. The number of hydrogen-bond donors (Lipinski definition) is 0. The number of carbonyl (C=O) groups is 1. The summed E-state index contributed by atoms with van der Waals surface area (Å²) in [6, 6.07) is 10.4. The molecule has 1 saturated carbocycles. The van der Waals surface area contributed by atoms with Gasteiger partial charge in [-0.05, 0) is 36.8 Å². The molecule has 0 unspecified atom stereocenters. The van der Waals surface area contributed by atoms with Gasteiger partial charge in [-0.25, -0.2) is 0 Å². The third-order valence-electron chi connectivity index (χ3n) is 4.25. The fraction of sp³-hybridized carbons (Fsp3) is 0.562. The number of nitrogens with zero attached hydrogens (tertiary/aromatic N) is 1. The number of benzene rings is 1. The molecule has 1 aliphatic rings. The normalized spacial score (nSPS) is 24.0. The number of ketones is 1. The minimum Gasteiger partial charge on any atom is -0.374 e. The van der Waals surface area contributed by atoms with Crippen molar-refractivity contribution in [2.45, 2.75) is 39.0 Å². The van der Waals surface area contributed by atoms with E-state index in [2.05, 4.69) is 43.1 Å². The van der Waals surface area contributed by atoms with Crippen molar-refractivity contribution in [1.29, 1.82) is 0 Å². The first-order chi connectivity index (χ1) is 8.65. The van der Waals surface area contributed by atoms with E-state index in [9.17, 15) is 4.79 Å². The fourth-order valence-electron chi connectivity index (χ4n) is 3.08. The van der Waals surface area contributed by atoms with E-state index in [1.807, 2.05) is 6.07 Å². The summed E-state index contributed by atoms with van der Waals surface area (Å²) in [5.41, 5.74) is 1.43. The van der Waals surface area contributed by atoms with Crippen LogP contribution in [0.4, 0.5) is 5.69 Å². The molecule has 0 aliphatic heterocycles. The molecule has 1 aromatic rings. The first-order valence-electron chi connectivity index (χ1n) is 6.93. The third kappa shape index (κ3) is 2.92. The molecule has 0 saturated heterocycles. The average molecular weight is 245 g/mol. The molecule has 18 heavy (non-hydrogen) atoms. The van der Waals surface area contributed by atoms with E-state index in [0.29, 0.717) is 5.78 Å². The van der Waals surface area contributed by atoms with Gasteiger partial charge in [-0.1, -0.05) is 25.1 Å². The zero-order valence-electron chi connectivity index (χ0n) is 11.5. The SMILES string of the molecule is CC[C@]1(CN(C)c2ccccc2)CCCC(=O)C1. The lowest BCUT2D eigenvalue weighted by Crippen LogP contribution is -2.39. The minimum atomic E-state index is 0.194. The van der Waals surface area contributed by atoms with Crippen LogP contribution >= 0.6 is 0 Å². The Hall–Kier alpha value is -1.31. The van der Waals surface area contributed by atoms with Crippen LogP contribution in [-0.4, -0.2) is 19.4 Å². The van der Waals surface area contributed by atoms with Gasteiger partial charge in [-0.15, -0.1) is 0 Å². The van der Waals surface area contributed by atoms with Crippen LogP contribution in [-0.2, 0) is 4.79 Å². The Morgan fingerprint density at radius 2 is 2.00 bits per heavy atom. The topological polar surface area (TPSA) is 20.3 Å². The van der Waals surface area contributed by atoms with Gasteiger partial charge in [-0.2, -0.15) is 0 Å². The van der Waals surface area contributed by atoms with Crippen molar-refractivity contribution in [2.75, 3.05) is 18.5 Å². The zero-order chi connectivity index (χ0) is 13.0. The summed E-state index contributed by atoms with van der Waals surface area (Å²) >= 11 is 0. The second kappa shape index (κ2) is 5.55. The summed E-state index contributed by atoms with van der Waals surface area (Å²) in [4.78, 5) is 14.0. The first-order valence-corrected chi connectivity index (χ1v) is 6.93. The molecule has 0 amide bonds. The van der Waals surface area contributed by atoms with Crippen LogP contribution in [0.2, 0.25) is 0 Å². The van der Waals surface area contributed by atoms with Gasteiger partial charge in [0.15, 0.2) is 0 Å². The Morgan fingerprint density at radius 1 is 1.28 bits per heavy atom. The highest BCUT2D eigenvalue weighted by Crippen LogP contribution is 2.38. The van der Waals surface area contributed by atoms with E-state index < -0.39 is 0 Å². The van der Waals surface area contributed by atoms with E-state index in [1.165, 1.54) is 12.1 Å².